The van der Waals surface area contributed by atoms with E-state index >= 15 is 0 Å². The molecule has 0 radical (unpaired) electrons. The molecule has 0 aliphatic carbocycles. The molecule has 0 bridgehead atoms. The second kappa shape index (κ2) is 10.7. The highest BCUT2D eigenvalue weighted by Crippen LogP contribution is 2.37. The molecule has 1 saturated heterocycles. The molecule has 1 aliphatic heterocycles. The van der Waals surface area contributed by atoms with Crippen molar-refractivity contribution in [2.45, 2.75) is 19.8 Å². The maximum atomic E-state index is 14.4. The van der Waals surface area contributed by atoms with E-state index in [9.17, 15) is 22.8 Å². The maximum Gasteiger partial charge on any atom is 0.270 e. The number of aryl methyl sites for hydroxylation is 1. The highest BCUT2D eigenvalue weighted by atomic mass is 35.5. The number of anilines is 2. The first-order valence-electron chi connectivity index (χ1n) is 10.6. The van der Waals surface area contributed by atoms with E-state index in [1.165, 1.54) is 31.3 Å². The molecule has 182 valence electrons. The van der Waals surface area contributed by atoms with Gasteiger partial charge < -0.3 is 15.1 Å². The first-order chi connectivity index (χ1) is 16.0. The summed E-state index contributed by atoms with van der Waals surface area (Å²) in [5.41, 5.74) is 2.50. The van der Waals surface area contributed by atoms with Gasteiger partial charge in [0, 0.05) is 56.4 Å². The van der Waals surface area contributed by atoms with Gasteiger partial charge in [-0.2, -0.15) is 0 Å². The lowest BCUT2D eigenvalue weighted by Gasteiger charge is -2.39. The van der Waals surface area contributed by atoms with Crippen molar-refractivity contribution in [2.75, 3.05) is 43.0 Å². The summed E-state index contributed by atoms with van der Waals surface area (Å²) in [6.07, 6.45) is 1.46. The Balaban J connectivity index is 1.99. The number of benzene rings is 2. The molecule has 0 unspecified atom stereocenters. The van der Waals surface area contributed by atoms with E-state index in [-0.39, 0.29) is 10.5 Å². The normalized spacial score (nSPS) is 14.9. The third-order valence-electron chi connectivity index (χ3n) is 5.60. The van der Waals surface area contributed by atoms with Crippen molar-refractivity contribution >= 4 is 52.3 Å². The topological polar surface area (TPSA) is 52.7 Å². The number of thioether (sulfide) groups is 1. The number of carbonyl (C=O) groups is 2. The number of halogens is 4. The SMILES string of the molecule is CNC(=O)/C(=C/c1cc(C(C)(F)F)cc(C)c1N1CCN(c2ccc(Cl)cc2F)CC1)SC=O. The summed E-state index contributed by atoms with van der Waals surface area (Å²) in [4.78, 5) is 27.4. The maximum absolute atomic E-state index is 14.4. The number of carbonyl (C=O) groups excluding carboxylic acids is 2. The summed E-state index contributed by atoms with van der Waals surface area (Å²) in [6.45, 7) is 4.55. The van der Waals surface area contributed by atoms with Crippen LogP contribution in [0.3, 0.4) is 0 Å². The van der Waals surface area contributed by atoms with Gasteiger partial charge in [-0.3, -0.25) is 9.59 Å². The van der Waals surface area contributed by atoms with Crippen molar-refractivity contribution in [3.8, 4) is 0 Å². The van der Waals surface area contributed by atoms with Crippen molar-refractivity contribution in [1.29, 1.82) is 0 Å². The van der Waals surface area contributed by atoms with Crippen LogP contribution < -0.4 is 15.1 Å². The molecule has 0 aromatic heterocycles. The van der Waals surface area contributed by atoms with E-state index in [1.807, 2.05) is 9.80 Å². The molecular weight excluding hydrogens is 487 g/mol. The van der Waals surface area contributed by atoms with Crippen LogP contribution in [0.2, 0.25) is 5.02 Å². The Morgan fingerprint density at radius 3 is 2.35 bits per heavy atom. The van der Waals surface area contributed by atoms with Crippen LogP contribution in [0.15, 0.2) is 35.2 Å². The molecule has 0 spiro atoms. The van der Waals surface area contributed by atoms with E-state index in [2.05, 4.69) is 5.32 Å². The van der Waals surface area contributed by atoms with E-state index in [4.69, 9.17) is 11.6 Å². The second-order valence-electron chi connectivity index (χ2n) is 7.99. The standard InChI is InChI=1S/C24H25ClF3N3O2S/c1-15-10-17(24(2,27)28)11-16(12-21(34-14-32)23(33)29-3)22(15)31-8-6-30(7-9-31)20-5-4-18(25)13-19(20)26/h4-5,10-14H,6-9H2,1-3H3,(H,29,33)/b21-12-. The fraction of sp³-hybridized carbons (Fsp3) is 0.333. The zero-order valence-corrected chi connectivity index (χ0v) is 20.6. The fourth-order valence-corrected chi connectivity index (χ4v) is 4.65. The van der Waals surface area contributed by atoms with Crippen LogP contribution in [-0.2, 0) is 15.5 Å². The number of hydrogen-bond acceptors (Lipinski definition) is 5. The van der Waals surface area contributed by atoms with Crippen LogP contribution in [0, 0.1) is 12.7 Å². The van der Waals surface area contributed by atoms with E-state index in [0.29, 0.717) is 71.1 Å². The van der Waals surface area contributed by atoms with Crippen molar-refractivity contribution < 1.29 is 22.8 Å². The summed E-state index contributed by atoms with van der Waals surface area (Å²) in [5, 5.41) is 2.78. The number of amides is 1. The van der Waals surface area contributed by atoms with E-state index < -0.39 is 17.6 Å². The Morgan fingerprint density at radius 2 is 1.79 bits per heavy atom. The number of alkyl halides is 2. The number of nitrogens with zero attached hydrogens (tertiary/aromatic N) is 2. The van der Waals surface area contributed by atoms with Crippen LogP contribution in [0.1, 0.15) is 23.6 Å². The van der Waals surface area contributed by atoms with Gasteiger partial charge in [-0.05, 0) is 66.2 Å². The minimum atomic E-state index is -3.08. The fourth-order valence-electron chi connectivity index (χ4n) is 3.98. The summed E-state index contributed by atoms with van der Waals surface area (Å²) in [5.74, 6) is -3.98. The molecule has 1 N–H and O–H groups in total. The molecule has 1 heterocycles. The number of nitrogens with one attached hydrogen (secondary N) is 1. The molecule has 1 fully saturated rings. The molecule has 2 aromatic rings. The van der Waals surface area contributed by atoms with Crippen molar-refractivity contribution in [1.82, 2.24) is 5.32 Å². The average molecular weight is 512 g/mol. The molecule has 3 rings (SSSR count). The molecule has 1 amide bonds. The van der Waals surface area contributed by atoms with Crippen LogP contribution >= 0.6 is 23.4 Å². The largest absolute Gasteiger partial charge is 0.367 e. The zero-order chi connectivity index (χ0) is 25.0. The minimum Gasteiger partial charge on any atom is -0.367 e. The Kier molecular flexibility index (Phi) is 8.20. The van der Waals surface area contributed by atoms with Gasteiger partial charge in [0.15, 0.2) is 5.62 Å². The number of rotatable bonds is 7. The van der Waals surface area contributed by atoms with Crippen LogP contribution in [0.4, 0.5) is 24.5 Å². The lowest BCUT2D eigenvalue weighted by atomic mass is 9.98. The second-order valence-corrected chi connectivity index (χ2v) is 9.30. The predicted molar refractivity (Wildman–Crippen MR) is 133 cm³/mol. The monoisotopic (exact) mass is 511 g/mol. The zero-order valence-electron chi connectivity index (χ0n) is 19.0. The molecule has 2 aromatic carbocycles. The van der Waals surface area contributed by atoms with Gasteiger partial charge in [-0.1, -0.05) is 11.6 Å². The lowest BCUT2D eigenvalue weighted by molar-refractivity contribution is -0.116. The van der Waals surface area contributed by atoms with Gasteiger partial charge in [-0.15, -0.1) is 0 Å². The van der Waals surface area contributed by atoms with E-state index in [0.717, 1.165) is 6.92 Å². The molecule has 1 aliphatic rings. The molecule has 34 heavy (non-hydrogen) atoms. The highest BCUT2D eigenvalue weighted by Gasteiger charge is 2.28. The Bertz CT molecular complexity index is 1110. The van der Waals surface area contributed by atoms with Gasteiger partial charge >= 0.3 is 0 Å². The summed E-state index contributed by atoms with van der Waals surface area (Å²) in [6, 6.07) is 7.32. The predicted octanol–water partition coefficient (Wildman–Crippen LogP) is 5.24. The molecule has 5 nitrogen and oxygen atoms in total. The third kappa shape index (κ3) is 5.88. The van der Waals surface area contributed by atoms with Gasteiger partial charge in [0.1, 0.15) is 5.82 Å². The number of likely N-dealkylation sites (N-methyl/N-ethyl adjacent to an activating group) is 1. The van der Waals surface area contributed by atoms with Gasteiger partial charge in [-0.25, -0.2) is 13.2 Å². The summed E-state index contributed by atoms with van der Waals surface area (Å²) < 4.78 is 42.7. The van der Waals surface area contributed by atoms with Crippen molar-refractivity contribution in [3.63, 3.8) is 0 Å². The van der Waals surface area contributed by atoms with Crippen LogP contribution in [-0.4, -0.2) is 44.8 Å². The first kappa shape index (κ1) is 26.0. The van der Waals surface area contributed by atoms with Gasteiger partial charge in [0.05, 0.1) is 10.6 Å². The molecule has 0 saturated carbocycles. The number of hydrogen-bond donors (Lipinski definition) is 1. The van der Waals surface area contributed by atoms with Gasteiger partial charge in [0.25, 0.3) is 11.8 Å². The third-order valence-corrected chi connectivity index (χ3v) is 6.48. The quantitative estimate of drug-likeness (QED) is 0.407. The molecule has 0 atom stereocenters. The minimum absolute atomic E-state index is 0.0941. The number of piperazine rings is 1. The Hall–Kier alpha value is -2.65. The smallest absolute Gasteiger partial charge is 0.270 e. The molecular formula is C24H25ClF3N3O2S. The van der Waals surface area contributed by atoms with Crippen molar-refractivity contribution in [3.05, 3.63) is 62.8 Å². The van der Waals surface area contributed by atoms with Crippen LogP contribution in [0.5, 0.6) is 0 Å². The van der Waals surface area contributed by atoms with Crippen molar-refractivity contribution in [2.24, 2.45) is 0 Å². The van der Waals surface area contributed by atoms with E-state index in [1.54, 1.807) is 19.1 Å². The van der Waals surface area contributed by atoms with Crippen LogP contribution in [0.25, 0.3) is 6.08 Å². The first-order valence-corrected chi connectivity index (χ1v) is 11.8. The van der Waals surface area contributed by atoms with Gasteiger partial charge in [0.2, 0.25) is 0 Å². The highest BCUT2D eigenvalue weighted by molar-refractivity contribution is 8.16. The summed E-state index contributed by atoms with van der Waals surface area (Å²) >= 11 is 6.54. The summed E-state index contributed by atoms with van der Waals surface area (Å²) in [7, 11) is 1.43. The lowest BCUT2D eigenvalue weighted by Crippen LogP contribution is -2.47. The Labute approximate surface area is 205 Å². The molecule has 10 heteroatoms. The average Bonchev–Trinajstić information content (AvgIpc) is 2.78. The Morgan fingerprint density at radius 1 is 1.15 bits per heavy atom.